The predicted molar refractivity (Wildman–Crippen MR) is 99.3 cm³/mol. The van der Waals surface area contributed by atoms with Crippen LogP contribution in [0.3, 0.4) is 0 Å². The molecule has 1 heteroatoms. The maximum Gasteiger partial charge on any atom is 0.120 e. The highest BCUT2D eigenvalue weighted by Crippen LogP contribution is 2.32. The lowest BCUT2D eigenvalue weighted by Crippen LogP contribution is -2.22. The van der Waals surface area contributed by atoms with Crippen molar-refractivity contribution in [3.8, 4) is 5.75 Å². The summed E-state index contributed by atoms with van der Waals surface area (Å²) in [5.41, 5.74) is 2.70. The van der Waals surface area contributed by atoms with Gasteiger partial charge in [-0.05, 0) is 68.7 Å². The Balaban J connectivity index is 2.03. The first-order valence-electron chi connectivity index (χ1n) is 8.73. The van der Waals surface area contributed by atoms with E-state index in [1.807, 2.05) is 0 Å². The lowest BCUT2D eigenvalue weighted by atomic mass is 9.85. The average molecular weight is 310 g/mol. The fraction of sp³-hybridized carbons (Fsp3) is 0.455. The molecular formula is C22H30O. The van der Waals surface area contributed by atoms with Gasteiger partial charge in [-0.25, -0.2) is 0 Å². The summed E-state index contributed by atoms with van der Waals surface area (Å²) >= 11 is 0. The quantitative estimate of drug-likeness (QED) is 0.587. The van der Waals surface area contributed by atoms with E-state index in [4.69, 9.17) is 4.74 Å². The maximum atomic E-state index is 5.91. The van der Waals surface area contributed by atoms with Crippen molar-refractivity contribution in [2.45, 2.75) is 64.9 Å². The Labute approximate surface area is 141 Å². The van der Waals surface area contributed by atoms with E-state index in [2.05, 4.69) is 89.2 Å². The maximum absolute atomic E-state index is 5.91. The Hall–Kier alpha value is -1.76. The van der Waals surface area contributed by atoms with Crippen LogP contribution in [0, 0.1) is 0 Å². The minimum Gasteiger partial charge on any atom is -0.488 e. The molecule has 0 aliphatic heterocycles. The lowest BCUT2D eigenvalue weighted by Gasteiger charge is -2.23. The Morgan fingerprint density at radius 3 is 2.00 bits per heavy atom. The second-order valence-corrected chi connectivity index (χ2v) is 7.44. The summed E-state index contributed by atoms with van der Waals surface area (Å²) in [5, 5.41) is 0. The second kappa shape index (κ2) is 7.68. The molecule has 0 saturated heterocycles. The molecule has 0 amide bonds. The molecule has 0 fully saturated rings. The Kier molecular flexibility index (Phi) is 5.87. The van der Waals surface area contributed by atoms with Crippen molar-refractivity contribution in [1.29, 1.82) is 0 Å². The summed E-state index contributed by atoms with van der Waals surface area (Å²) in [5.74, 6) is 2.11. The molecule has 2 aromatic carbocycles. The van der Waals surface area contributed by atoms with Crippen molar-refractivity contribution in [2.75, 3.05) is 0 Å². The molecular weight excluding hydrogens is 280 g/mol. The summed E-state index contributed by atoms with van der Waals surface area (Å²) in [7, 11) is 0. The highest BCUT2D eigenvalue weighted by molar-refractivity contribution is 5.30. The van der Waals surface area contributed by atoms with Gasteiger partial charge in [0, 0.05) is 0 Å². The van der Waals surface area contributed by atoms with E-state index >= 15 is 0 Å². The molecule has 0 aliphatic rings. The number of benzene rings is 2. The minimum absolute atomic E-state index is 0.145. The fourth-order valence-corrected chi connectivity index (χ4v) is 3.04. The monoisotopic (exact) mass is 310 g/mol. The predicted octanol–water partition coefficient (Wildman–Crippen LogP) is 6.55. The first-order valence-corrected chi connectivity index (χ1v) is 8.73. The molecule has 0 aliphatic carbocycles. The minimum atomic E-state index is -0.145. The van der Waals surface area contributed by atoms with Crippen LogP contribution in [0.5, 0.6) is 5.75 Å². The molecule has 23 heavy (non-hydrogen) atoms. The van der Waals surface area contributed by atoms with Gasteiger partial charge in [-0.3, -0.25) is 0 Å². The van der Waals surface area contributed by atoms with Crippen molar-refractivity contribution in [3.63, 3.8) is 0 Å². The number of hydrogen-bond donors (Lipinski definition) is 0. The van der Waals surface area contributed by atoms with Gasteiger partial charge in [-0.2, -0.15) is 0 Å². The van der Waals surface area contributed by atoms with Crippen LogP contribution in [-0.2, 0) is 0 Å². The summed E-state index contributed by atoms with van der Waals surface area (Å²) in [6, 6.07) is 19.5. The summed E-state index contributed by atoms with van der Waals surface area (Å²) in [6.45, 7) is 10.8. The van der Waals surface area contributed by atoms with Gasteiger partial charge in [-0.1, -0.05) is 56.3 Å². The van der Waals surface area contributed by atoms with E-state index < -0.39 is 0 Å². The van der Waals surface area contributed by atoms with Crippen LogP contribution in [0.25, 0.3) is 0 Å². The number of ether oxygens (including phenoxy) is 1. The Bertz CT molecular complexity index is 578. The topological polar surface area (TPSA) is 9.23 Å². The smallest absolute Gasteiger partial charge is 0.120 e. The highest BCUT2D eigenvalue weighted by Gasteiger charge is 2.16. The van der Waals surface area contributed by atoms with Crippen LogP contribution in [0.4, 0.5) is 0 Å². The zero-order chi connectivity index (χ0) is 16.9. The third kappa shape index (κ3) is 5.42. The van der Waals surface area contributed by atoms with Gasteiger partial charge in [0.15, 0.2) is 0 Å². The molecule has 0 saturated carbocycles. The number of hydrogen-bond acceptors (Lipinski definition) is 1. The molecule has 0 spiro atoms. The average Bonchev–Trinajstić information content (AvgIpc) is 2.52. The van der Waals surface area contributed by atoms with Gasteiger partial charge in [0.1, 0.15) is 11.4 Å². The van der Waals surface area contributed by atoms with Crippen molar-refractivity contribution in [1.82, 2.24) is 0 Å². The Morgan fingerprint density at radius 1 is 0.870 bits per heavy atom. The first kappa shape index (κ1) is 17.6. The summed E-state index contributed by atoms with van der Waals surface area (Å²) in [6.07, 6.45) is 2.36. The molecule has 0 aromatic heterocycles. The molecule has 0 heterocycles. The lowest BCUT2D eigenvalue weighted by molar-refractivity contribution is 0.131. The van der Waals surface area contributed by atoms with Gasteiger partial charge in [0.2, 0.25) is 0 Å². The van der Waals surface area contributed by atoms with Crippen molar-refractivity contribution < 1.29 is 4.74 Å². The standard InChI is InChI=1S/C22H30O/c1-6-18(20-10-8-7-9-11-20)16-17(2)19-12-14-21(15-13-19)23-22(3,4)5/h7-15,17-18H,6,16H2,1-5H3. The van der Waals surface area contributed by atoms with E-state index in [1.165, 1.54) is 24.0 Å². The fourth-order valence-electron chi connectivity index (χ4n) is 3.04. The van der Waals surface area contributed by atoms with Crippen molar-refractivity contribution >= 4 is 0 Å². The molecule has 2 unspecified atom stereocenters. The van der Waals surface area contributed by atoms with Gasteiger partial charge >= 0.3 is 0 Å². The van der Waals surface area contributed by atoms with Gasteiger partial charge in [0.05, 0.1) is 0 Å². The zero-order valence-electron chi connectivity index (χ0n) is 15.2. The SMILES string of the molecule is CCC(CC(C)c1ccc(OC(C)(C)C)cc1)c1ccccc1. The molecule has 2 aromatic rings. The third-order valence-corrected chi connectivity index (χ3v) is 4.28. The van der Waals surface area contributed by atoms with Gasteiger partial charge < -0.3 is 4.74 Å². The van der Waals surface area contributed by atoms with E-state index in [0.717, 1.165) is 5.75 Å². The van der Waals surface area contributed by atoms with Gasteiger partial charge in [0.25, 0.3) is 0 Å². The molecule has 124 valence electrons. The molecule has 0 N–H and O–H groups in total. The largest absolute Gasteiger partial charge is 0.488 e. The van der Waals surface area contributed by atoms with Crippen molar-refractivity contribution in [3.05, 3.63) is 65.7 Å². The zero-order valence-corrected chi connectivity index (χ0v) is 15.2. The van der Waals surface area contributed by atoms with Crippen molar-refractivity contribution in [2.24, 2.45) is 0 Å². The van der Waals surface area contributed by atoms with E-state index in [-0.39, 0.29) is 5.60 Å². The summed E-state index contributed by atoms with van der Waals surface area (Å²) in [4.78, 5) is 0. The van der Waals surface area contributed by atoms with Crippen LogP contribution in [0.2, 0.25) is 0 Å². The molecule has 0 bridgehead atoms. The second-order valence-electron chi connectivity index (χ2n) is 7.44. The molecule has 2 rings (SSSR count). The normalized spacial score (nSPS) is 14.3. The van der Waals surface area contributed by atoms with Crippen LogP contribution in [-0.4, -0.2) is 5.60 Å². The molecule has 1 nitrogen and oxygen atoms in total. The van der Waals surface area contributed by atoms with E-state index in [1.54, 1.807) is 0 Å². The third-order valence-electron chi connectivity index (χ3n) is 4.28. The van der Waals surface area contributed by atoms with Crippen LogP contribution < -0.4 is 4.74 Å². The van der Waals surface area contributed by atoms with Gasteiger partial charge in [-0.15, -0.1) is 0 Å². The highest BCUT2D eigenvalue weighted by atomic mass is 16.5. The molecule has 0 radical (unpaired) electrons. The van der Waals surface area contributed by atoms with Crippen LogP contribution in [0.15, 0.2) is 54.6 Å². The van der Waals surface area contributed by atoms with Crippen LogP contribution in [0.1, 0.15) is 70.4 Å². The summed E-state index contributed by atoms with van der Waals surface area (Å²) < 4.78 is 5.91. The van der Waals surface area contributed by atoms with E-state index in [0.29, 0.717) is 11.8 Å². The first-order chi connectivity index (χ1) is 10.9. The van der Waals surface area contributed by atoms with E-state index in [9.17, 15) is 0 Å². The molecule has 2 atom stereocenters. The van der Waals surface area contributed by atoms with Crippen LogP contribution >= 0.6 is 0 Å². The Morgan fingerprint density at radius 2 is 1.48 bits per heavy atom. The number of rotatable bonds is 6.